The third-order valence-electron chi connectivity index (χ3n) is 7.48. The van der Waals surface area contributed by atoms with Crippen LogP contribution in [-0.4, -0.2) is 69.0 Å². The van der Waals surface area contributed by atoms with Crippen LogP contribution in [0.3, 0.4) is 0 Å². The molecule has 0 unspecified atom stereocenters. The number of nitrogens with zero attached hydrogens (tertiary/aromatic N) is 6. The number of rotatable bonds is 7. The van der Waals surface area contributed by atoms with E-state index in [0.717, 1.165) is 67.9 Å². The lowest BCUT2D eigenvalue weighted by Crippen LogP contribution is -2.35. The molecule has 2 aliphatic heterocycles. The zero-order chi connectivity index (χ0) is 27.8. The van der Waals surface area contributed by atoms with Gasteiger partial charge < -0.3 is 24.7 Å². The molecule has 206 valence electrons. The monoisotopic (exact) mass is 544 g/mol. The molecule has 1 aromatic carbocycles. The van der Waals surface area contributed by atoms with Crippen LogP contribution in [0.15, 0.2) is 49.2 Å². The van der Waals surface area contributed by atoms with Crippen molar-refractivity contribution >= 4 is 29.2 Å². The molecule has 1 fully saturated rings. The fourth-order valence-corrected chi connectivity index (χ4v) is 5.37. The predicted molar refractivity (Wildman–Crippen MR) is 150 cm³/mol. The molecule has 5 heterocycles. The van der Waals surface area contributed by atoms with Gasteiger partial charge in [-0.2, -0.15) is 0 Å². The van der Waals surface area contributed by atoms with Crippen LogP contribution >= 0.6 is 0 Å². The zero-order valence-corrected chi connectivity index (χ0v) is 22.4. The number of anilines is 2. The molecule has 1 amide bonds. The van der Waals surface area contributed by atoms with Crippen LogP contribution in [0.1, 0.15) is 35.7 Å². The maximum atomic E-state index is 14.0. The van der Waals surface area contributed by atoms with Crippen LogP contribution in [0.2, 0.25) is 0 Å². The van der Waals surface area contributed by atoms with Crippen molar-refractivity contribution in [1.82, 2.24) is 29.4 Å². The molecule has 4 aromatic rings. The molecule has 0 bridgehead atoms. The fraction of sp³-hybridized carbons (Fsp3) is 0.310. The molecule has 1 saturated heterocycles. The molecule has 0 atom stereocenters. The van der Waals surface area contributed by atoms with Crippen molar-refractivity contribution in [1.29, 1.82) is 0 Å². The summed E-state index contributed by atoms with van der Waals surface area (Å²) in [5.41, 5.74) is 3.35. The SMILES string of the molecule is CN(C)CCn1cc(-c2ccc(F)c(F)c2)nc1C1CCN(c2ncnc3c2/C(=C/c2cc[nH]c2)C(=O)N3)CC1. The Hall–Kier alpha value is -4.38. The molecule has 2 N–H and O–H groups in total. The lowest BCUT2D eigenvalue weighted by molar-refractivity contribution is -0.110. The summed E-state index contributed by atoms with van der Waals surface area (Å²) in [5, 5.41) is 2.87. The molecule has 40 heavy (non-hydrogen) atoms. The molecule has 0 saturated carbocycles. The highest BCUT2D eigenvalue weighted by Gasteiger charge is 2.33. The molecular formula is C29H30F2N8O. The average Bonchev–Trinajstić information content (AvgIpc) is 3.69. The Balaban J connectivity index is 1.26. The summed E-state index contributed by atoms with van der Waals surface area (Å²) in [5.74, 6) is 0.436. The van der Waals surface area contributed by atoms with E-state index in [0.29, 0.717) is 22.6 Å². The number of aromatic amines is 1. The Morgan fingerprint density at radius 2 is 1.95 bits per heavy atom. The highest BCUT2D eigenvalue weighted by molar-refractivity contribution is 6.35. The number of aromatic nitrogens is 5. The number of carbonyl (C=O) groups is 1. The number of carbonyl (C=O) groups excluding carboxylic acids is 1. The number of halogens is 2. The summed E-state index contributed by atoms with van der Waals surface area (Å²) in [6.07, 6.45) is 10.6. The number of nitrogens with one attached hydrogen (secondary N) is 2. The Morgan fingerprint density at radius 3 is 2.67 bits per heavy atom. The second-order valence-corrected chi connectivity index (χ2v) is 10.4. The maximum absolute atomic E-state index is 14.0. The smallest absolute Gasteiger partial charge is 0.257 e. The maximum Gasteiger partial charge on any atom is 0.257 e. The van der Waals surface area contributed by atoms with Crippen molar-refractivity contribution < 1.29 is 13.6 Å². The molecule has 2 aliphatic rings. The van der Waals surface area contributed by atoms with Crippen LogP contribution in [0, 0.1) is 11.6 Å². The number of likely N-dealkylation sites (N-methyl/N-ethyl adjacent to an activating group) is 1. The second-order valence-electron chi connectivity index (χ2n) is 10.4. The van der Waals surface area contributed by atoms with Gasteiger partial charge in [0.2, 0.25) is 0 Å². The van der Waals surface area contributed by atoms with Crippen molar-refractivity contribution in [2.75, 3.05) is 43.9 Å². The average molecular weight is 545 g/mol. The fourth-order valence-electron chi connectivity index (χ4n) is 5.37. The second kappa shape index (κ2) is 10.6. The van der Waals surface area contributed by atoms with Crippen LogP contribution in [0.5, 0.6) is 0 Å². The van der Waals surface area contributed by atoms with Gasteiger partial charge in [-0.3, -0.25) is 4.79 Å². The van der Waals surface area contributed by atoms with E-state index < -0.39 is 11.6 Å². The van der Waals surface area contributed by atoms with Crippen LogP contribution in [0.4, 0.5) is 20.4 Å². The van der Waals surface area contributed by atoms with Gasteiger partial charge in [-0.15, -0.1) is 0 Å². The van der Waals surface area contributed by atoms with E-state index in [1.807, 2.05) is 44.8 Å². The van der Waals surface area contributed by atoms with Crippen molar-refractivity contribution in [3.05, 3.63) is 77.8 Å². The van der Waals surface area contributed by atoms with Crippen LogP contribution in [-0.2, 0) is 11.3 Å². The molecule has 0 aliphatic carbocycles. The molecule has 3 aromatic heterocycles. The Morgan fingerprint density at radius 1 is 1.12 bits per heavy atom. The largest absolute Gasteiger partial charge is 0.367 e. The number of hydrogen-bond donors (Lipinski definition) is 2. The topological polar surface area (TPSA) is 95.0 Å². The summed E-state index contributed by atoms with van der Waals surface area (Å²) < 4.78 is 29.7. The zero-order valence-electron chi connectivity index (χ0n) is 22.4. The highest BCUT2D eigenvalue weighted by Crippen LogP contribution is 2.39. The Labute approximate surface area is 230 Å². The van der Waals surface area contributed by atoms with E-state index in [2.05, 4.69) is 34.6 Å². The van der Waals surface area contributed by atoms with Gasteiger partial charge in [0.15, 0.2) is 11.6 Å². The third-order valence-corrected chi connectivity index (χ3v) is 7.48. The number of amides is 1. The van der Waals surface area contributed by atoms with Crippen molar-refractivity contribution in [2.45, 2.75) is 25.3 Å². The third kappa shape index (κ3) is 5.00. The van der Waals surface area contributed by atoms with E-state index in [9.17, 15) is 13.6 Å². The van der Waals surface area contributed by atoms with E-state index >= 15 is 0 Å². The number of H-pyrrole nitrogens is 1. The summed E-state index contributed by atoms with van der Waals surface area (Å²) in [6.45, 7) is 3.01. The van der Waals surface area contributed by atoms with Gasteiger partial charge in [0, 0.05) is 56.3 Å². The first-order chi connectivity index (χ1) is 19.4. The minimum absolute atomic E-state index is 0.182. The summed E-state index contributed by atoms with van der Waals surface area (Å²) in [6, 6.07) is 5.80. The van der Waals surface area contributed by atoms with Gasteiger partial charge in [0.1, 0.15) is 23.8 Å². The van der Waals surface area contributed by atoms with Gasteiger partial charge in [-0.25, -0.2) is 23.7 Å². The number of benzene rings is 1. The van der Waals surface area contributed by atoms with Gasteiger partial charge in [-0.1, -0.05) is 0 Å². The number of imidazole rings is 1. The Kier molecular flexibility index (Phi) is 6.89. The first-order valence-corrected chi connectivity index (χ1v) is 13.3. The first-order valence-electron chi connectivity index (χ1n) is 13.3. The number of hydrogen-bond acceptors (Lipinski definition) is 6. The number of fused-ring (bicyclic) bond motifs is 1. The highest BCUT2D eigenvalue weighted by atomic mass is 19.2. The van der Waals surface area contributed by atoms with Crippen molar-refractivity contribution in [3.63, 3.8) is 0 Å². The Bertz CT molecular complexity index is 1570. The van der Waals surface area contributed by atoms with Crippen LogP contribution in [0.25, 0.3) is 22.9 Å². The lowest BCUT2D eigenvalue weighted by atomic mass is 9.95. The minimum Gasteiger partial charge on any atom is -0.367 e. The lowest BCUT2D eigenvalue weighted by Gasteiger charge is -2.33. The van der Waals surface area contributed by atoms with Gasteiger partial charge in [0.25, 0.3) is 5.91 Å². The number of piperidine rings is 1. The molecular weight excluding hydrogens is 514 g/mol. The molecule has 6 rings (SSSR count). The minimum atomic E-state index is -0.884. The van der Waals surface area contributed by atoms with E-state index in [1.54, 1.807) is 6.07 Å². The summed E-state index contributed by atoms with van der Waals surface area (Å²) in [4.78, 5) is 33.9. The standard InChI is InChI=1S/C29H30F2N8O/c1-37(2)11-12-39-16-24(20-3-4-22(30)23(31)14-20)35-27(39)19-6-9-38(10-7-19)28-25-21(13-18-5-8-32-15-18)29(40)36-26(25)33-17-34-28/h3-5,8,13-17,19,32H,6-7,9-12H2,1-2H3,(H,33,34,36,40)/b21-13-. The van der Waals surface area contributed by atoms with Gasteiger partial charge in [0.05, 0.1) is 16.8 Å². The normalized spacial score (nSPS) is 16.7. The van der Waals surface area contributed by atoms with Crippen molar-refractivity contribution in [3.8, 4) is 11.3 Å². The van der Waals surface area contributed by atoms with E-state index in [1.165, 1.54) is 12.4 Å². The molecule has 0 radical (unpaired) electrons. The van der Waals surface area contributed by atoms with E-state index in [-0.39, 0.29) is 11.8 Å². The molecule has 0 spiro atoms. The van der Waals surface area contributed by atoms with Gasteiger partial charge >= 0.3 is 0 Å². The van der Waals surface area contributed by atoms with Crippen LogP contribution < -0.4 is 10.2 Å². The first kappa shape index (κ1) is 25.9. The molecule has 9 nitrogen and oxygen atoms in total. The quantitative estimate of drug-likeness (QED) is 0.335. The predicted octanol–water partition coefficient (Wildman–Crippen LogP) is 4.38. The summed E-state index contributed by atoms with van der Waals surface area (Å²) in [7, 11) is 4.04. The summed E-state index contributed by atoms with van der Waals surface area (Å²) >= 11 is 0. The molecule has 11 heteroatoms. The van der Waals surface area contributed by atoms with E-state index in [4.69, 9.17) is 4.98 Å². The van der Waals surface area contributed by atoms with Crippen molar-refractivity contribution in [2.24, 2.45) is 0 Å². The van der Waals surface area contributed by atoms with Gasteiger partial charge in [-0.05, 0) is 62.8 Å².